The first-order valence-corrected chi connectivity index (χ1v) is 8.64. The van der Waals surface area contributed by atoms with E-state index in [1.807, 2.05) is 54.3 Å². The van der Waals surface area contributed by atoms with Crippen LogP contribution in [-0.2, 0) is 11.2 Å². The van der Waals surface area contributed by atoms with Crippen LogP contribution in [0.5, 0.6) is 0 Å². The van der Waals surface area contributed by atoms with Crippen molar-refractivity contribution in [2.75, 3.05) is 25.0 Å². The van der Waals surface area contributed by atoms with Crippen LogP contribution in [0.3, 0.4) is 0 Å². The molecule has 1 saturated heterocycles. The maximum Gasteiger partial charge on any atom is 0.255 e. The van der Waals surface area contributed by atoms with E-state index in [4.69, 9.17) is 0 Å². The summed E-state index contributed by atoms with van der Waals surface area (Å²) in [6.07, 6.45) is 2.92. The Balaban J connectivity index is 1.64. The number of amides is 2. The van der Waals surface area contributed by atoms with Gasteiger partial charge in [-0.1, -0.05) is 18.2 Å². The van der Waals surface area contributed by atoms with Gasteiger partial charge in [0.05, 0.1) is 5.56 Å². The molecule has 0 radical (unpaired) electrons. The van der Waals surface area contributed by atoms with Crippen LogP contribution in [0.4, 0.5) is 5.69 Å². The number of carbonyl (C=O) groups excluding carboxylic acids is 2. The molecule has 1 aliphatic heterocycles. The Morgan fingerprint density at radius 1 is 1.24 bits per heavy atom. The molecule has 5 nitrogen and oxygen atoms in total. The molecule has 1 fully saturated rings. The summed E-state index contributed by atoms with van der Waals surface area (Å²) in [4.78, 5) is 32.3. The van der Waals surface area contributed by atoms with Crippen molar-refractivity contribution < 1.29 is 9.59 Å². The number of nitrogens with zero attached hydrogens (tertiary/aromatic N) is 3. The number of para-hydroxylation sites is 1. The largest absolute Gasteiger partial charge is 0.342 e. The summed E-state index contributed by atoms with van der Waals surface area (Å²) in [5, 5.41) is 0. The molecule has 0 spiro atoms. The van der Waals surface area contributed by atoms with Crippen LogP contribution in [0.25, 0.3) is 0 Å². The zero-order chi connectivity index (χ0) is 17.8. The molecular formula is C20H23N3O2. The second kappa shape index (κ2) is 7.47. The number of pyridine rings is 1. The van der Waals surface area contributed by atoms with E-state index in [2.05, 4.69) is 4.98 Å². The third-order valence-electron chi connectivity index (χ3n) is 4.66. The molecule has 5 heteroatoms. The summed E-state index contributed by atoms with van der Waals surface area (Å²) in [7, 11) is 1.78. The van der Waals surface area contributed by atoms with Gasteiger partial charge in [-0.25, -0.2) is 0 Å². The van der Waals surface area contributed by atoms with Gasteiger partial charge in [-0.05, 0) is 43.5 Å². The second-order valence-electron chi connectivity index (χ2n) is 6.47. The first kappa shape index (κ1) is 17.1. The highest BCUT2D eigenvalue weighted by Gasteiger charge is 2.30. The third-order valence-corrected chi connectivity index (χ3v) is 4.66. The average Bonchev–Trinajstić information content (AvgIpc) is 3.02. The quantitative estimate of drug-likeness (QED) is 0.843. The minimum Gasteiger partial charge on any atom is -0.342 e. The molecule has 2 amide bonds. The summed E-state index contributed by atoms with van der Waals surface area (Å²) in [6.45, 7) is 3.32. The predicted octanol–water partition coefficient (Wildman–Crippen LogP) is 2.77. The lowest BCUT2D eigenvalue weighted by atomic mass is 10.0. The molecule has 0 bridgehead atoms. The van der Waals surface area contributed by atoms with Gasteiger partial charge in [-0.15, -0.1) is 0 Å². The summed E-state index contributed by atoms with van der Waals surface area (Å²) >= 11 is 0. The molecule has 1 aliphatic rings. The molecule has 2 aromatic rings. The van der Waals surface area contributed by atoms with E-state index < -0.39 is 0 Å². The number of benzene rings is 1. The Morgan fingerprint density at radius 3 is 2.64 bits per heavy atom. The molecule has 1 atom stereocenters. The normalized spacial score (nSPS) is 17.0. The number of aromatic nitrogens is 1. The van der Waals surface area contributed by atoms with Gasteiger partial charge in [-0.3, -0.25) is 14.6 Å². The maximum absolute atomic E-state index is 12.3. The van der Waals surface area contributed by atoms with E-state index in [1.165, 1.54) is 0 Å². The fourth-order valence-corrected chi connectivity index (χ4v) is 3.11. The zero-order valence-corrected chi connectivity index (χ0v) is 14.7. The highest BCUT2D eigenvalue weighted by Crippen LogP contribution is 2.26. The van der Waals surface area contributed by atoms with Crippen LogP contribution in [0.2, 0.25) is 0 Å². The fourth-order valence-electron chi connectivity index (χ4n) is 3.11. The zero-order valence-electron chi connectivity index (χ0n) is 14.7. The van der Waals surface area contributed by atoms with E-state index in [-0.39, 0.29) is 17.7 Å². The number of anilines is 1. The number of hydrogen-bond donors (Lipinski definition) is 0. The monoisotopic (exact) mass is 337 g/mol. The molecule has 0 N–H and O–H groups in total. The minimum absolute atomic E-state index is 0.0205. The minimum atomic E-state index is -0.0205. The Bertz CT molecular complexity index is 743. The van der Waals surface area contributed by atoms with Gasteiger partial charge < -0.3 is 9.80 Å². The van der Waals surface area contributed by atoms with Crippen molar-refractivity contribution in [3.05, 3.63) is 59.9 Å². The highest BCUT2D eigenvalue weighted by molar-refractivity contribution is 5.95. The SMILES string of the molecule is CCN(C)C(=O)c1ccc(C[C@H]2CC(=O)N(c3ccccc3)C2)nc1. The van der Waals surface area contributed by atoms with E-state index in [0.29, 0.717) is 25.1 Å². The number of carbonyl (C=O) groups is 2. The van der Waals surface area contributed by atoms with Crippen molar-refractivity contribution >= 4 is 17.5 Å². The van der Waals surface area contributed by atoms with Crippen molar-refractivity contribution in [2.24, 2.45) is 5.92 Å². The summed E-state index contributed by atoms with van der Waals surface area (Å²) in [5.41, 5.74) is 2.47. The molecule has 25 heavy (non-hydrogen) atoms. The summed E-state index contributed by atoms with van der Waals surface area (Å²) in [5.74, 6) is 0.389. The van der Waals surface area contributed by atoms with Crippen LogP contribution < -0.4 is 4.90 Å². The average molecular weight is 337 g/mol. The van der Waals surface area contributed by atoms with E-state index in [9.17, 15) is 9.59 Å². The van der Waals surface area contributed by atoms with Gasteiger partial charge in [0, 0.05) is 44.1 Å². The number of hydrogen-bond acceptors (Lipinski definition) is 3. The van der Waals surface area contributed by atoms with Crippen LogP contribution in [0.15, 0.2) is 48.7 Å². The molecule has 1 aromatic heterocycles. The van der Waals surface area contributed by atoms with Crippen molar-refractivity contribution in [2.45, 2.75) is 19.8 Å². The molecule has 0 unspecified atom stereocenters. The van der Waals surface area contributed by atoms with Gasteiger partial charge in [0.15, 0.2) is 0 Å². The van der Waals surface area contributed by atoms with Crippen molar-refractivity contribution in [1.82, 2.24) is 9.88 Å². The van der Waals surface area contributed by atoms with Gasteiger partial charge in [0.2, 0.25) is 5.91 Å². The van der Waals surface area contributed by atoms with Crippen LogP contribution in [-0.4, -0.2) is 41.8 Å². The van der Waals surface area contributed by atoms with Gasteiger partial charge in [-0.2, -0.15) is 0 Å². The van der Waals surface area contributed by atoms with Gasteiger partial charge in [0.25, 0.3) is 5.91 Å². The van der Waals surface area contributed by atoms with Crippen molar-refractivity contribution in [3.8, 4) is 0 Å². The predicted molar refractivity (Wildman–Crippen MR) is 97.5 cm³/mol. The van der Waals surface area contributed by atoms with Crippen molar-refractivity contribution in [3.63, 3.8) is 0 Å². The standard InChI is InChI=1S/C20H23N3O2/c1-3-22(2)20(25)16-9-10-17(21-13-16)11-15-12-19(24)23(14-15)18-7-5-4-6-8-18/h4-10,13,15H,3,11-12,14H2,1-2H3/t15-/m0/s1. The molecular weight excluding hydrogens is 314 g/mol. The lowest BCUT2D eigenvalue weighted by Crippen LogP contribution is -2.26. The Kier molecular flexibility index (Phi) is 5.12. The molecule has 1 aromatic carbocycles. The second-order valence-corrected chi connectivity index (χ2v) is 6.47. The van der Waals surface area contributed by atoms with E-state index >= 15 is 0 Å². The Hall–Kier alpha value is -2.69. The topological polar surface area (TPSA) is 53.5 Å². The molecule has 2 heterocycles. The lowest BCUT2D eigenvalue weighted by Gasteiger charge is -2.16. The van der Waals surface area contributed by atoms with Crippen LogP contribution >= 0.6 is 0 Å². The molecule has 130 valence electrons. The van der Waals surface area contributed by atoms with Gasteiger partial charge >= 0.3 is 0 Å². The van der Waals surface area contributed by atoms with Gasteiger partial charge in [0.1, 0.15) is 0 Å². The maximum atomic E-state index is 12.3. The first-order valence-electron chi connectivity index (χ1n) is 8.64. The smallest absolute Gasteiger partial charge is 0.255 e. The Labute approximate surface area is 148 Å². The molecule has 0 aliphatic carbocycles. The van der Waals surface area contributed by atoms with Crippen LogP contribution in [0.1, 0.15) is 29.4 Å². The van der Waals surface area contributed by atoms with E-state index in [1.54, 1.807) is 18.1 Å². The fraction of sp³-hybridized carbons (Fsp3) is 0.350. The van der Waals surface area contributed by atoms with E-state index in [0.717, 1.165) is 17.8 Å². The van der Waals surface area contributed by atoms with Crippen molar-refractivity contribution in [1.29, 1.82) is 0 Å². The third kappa shape index (κ3) is 3.87. The summed E-state index contributed by atoms with van der Waals surface area (Å²) < 4.78 is 0. The molecule has 0 saturated carbocycles. The van der Waals surface area contributed by atoms with Crippen LogP contribution in [0, 0.1) is 5.92 Å². The molecule has 3 rings (SSSR count). The summed E-state index contributed by atoms with van der Waals surface area (Å²) in [6, 6.07) is 13.5. The lowest BCUT2D eigenvalue weighted by molar-refractivity contribution is -0.117. The Morgan fingerprint density at radius 2 is 2.00 bits per heavy atom. The highest BCUT2D eigenvalue weighted by atomic mass is 16.2. The first-order chi connectivity index (χ1) is 12.1. The number of rotatable bonds is 5.